The molecular formula is C34H39NO6. The third kappa shape index (κ3) is 6.24. The molecule has 1 atom stereocenters. The predicted octanol–water partition coefficient (Wildman–Crippen LogP) is 6.80. The fraction of sp³-hybridized carbons (Fsp3) is 0.353. The molecule has 0 aliphatic carbocycles. The van der Waals surface area contributed by atoms with Crippen LogP contribution < -0.4 is 14.2 Å². The van der Waals surface area contributed by atoms with Crippen LogP contribution >= 0.6 is 0 Å². The van der Waals surface area contributed by atoms with Crippen LogP contribution in [-0.2, 0) is 21.6 Å². The van der Waals surface area contributed by atoms with Gasteiger partial charge in [-0.15, -0.1) is 0 Å². The monoisotopic (exact) mass is 557 g/mol. The van der Waals surface area contributed by atoms with Gasteiger partial charge in [0.05, 0.1) is 25.3 Å². The van der Waals surface area contributed by atoms with Crippen LogP contribution in [0.5, 0.6) is 17.2 Å². The molecule has 0 saturated carbocycles. The molecule has 1 saturated heterocycles. The summed E-state index contributed by atoms with van der Waals surface area (Å²) in [5.41, 5.74) is 2.77. The number of carbonyl (C=O) groups excluding carboxylic acids is 2. The van der Waals surface area contributed by atoms with Gasteiger partial charge < -0.3 is 24.2 Å². The Hall–Kier alpha value is -4.26. The zero-order valence-corrected chi connectivity index (χ0v) is 24.7. The molecule has 216 valence electrons. The Balaban J connectivity index is 1.80. The number of methoxy groups -OCH3 is 1. The SMILES string of the molecule is CCCN1C(=O)C(=O)/C(=C(/O)c2ccc(OCC)c(C(C)(C)C)c2)C1c1ccc(OCc2ccccc2)c(OC)c1. The fourth-order valence-corrected chi connectivity index (χ4v) is 5.11. The lowest BCUT2D eigenvalue weighted by Gasteiger charge is -2.26. The summed E-state index contributed by atoms with van der Waals surface area (Å²) in [6.45, 7) is 11.3. The Morgan fingerprint density at radius 1 is 0.902 bits per heavy atom. The van der Waals surface area contributed by atoms with E-state index in [4.69, 9.17) is 14.2 Å². The van der Waals surface area contributed by atoms with Crippen LogP contribution in [0.15, 0.2) is 72.3 Å². The molecule has 1 fully saturated rings. The van der Waals surface area contributed by atoms with E-state index in [9.17, 15) is 14.7 Å². The summed E-state index contributed by atoms with van der Waals surface area (Å²) in [6, 6.07) is 19.7. The minimum Gasteiger partial charge on any atom is -0.507 e. The maximum atomic E-state index is 13.4. The van der Waals surface area contributed by atoms with Crippen molar-refractivity contribution in [1.29, 1.82) is 0 Å². The highest BCUT2D eigenvalue weighted by atomic mass is 16.5. The van der Waals surface area contributed by atoms with Crippen LogP contribution in [0.2, 0.25) is 0 Å². The molecular weight excluding hydrogens is 518 g/mol. The van der Waals surface area contributed by atoms with Crippen molar-refractivity contribution in [2.24, 2.45) is 0 Å². The van der Waals surface area contributed by atoms with Gasteiger partial charge >= 0.3 is 0 Å². The lowest BCUT2D eigenvalue weighted by atomic mass is 9.84. The van der Waals surface area contributed by atoms with Crippen molar-refractivity contribution in [3.63, 3.8) is 0 Å². The normalized spacial score (nSPS) is 16.6. The van der Waals surface area contributed by atoms with Crippen molar-refractivity contribution in [2.75, 3.05) is 20.3 Å². The third-order valence-corrected chi connectivity index (χ3v) is 7.11. The number of carbonyl (C=O) groups is 2. The maximum absolute atomic E-state index is 13.4. The number of aliphatic hydroxyl groups excluding tert-OH is 1. The number of nitrogens with zero attached hydrogens (tertiary/aromatic N) is 1. The van der Waals surface area contributed by atoms with E-state index >= 15 is 0 Å². The van der Waals surface area contributed by atoms with Crippen LogP contribution in [0, 0.1) is 0 Å². The topological polar surface area (TPSA) is 85.3 Å². The Labute approximate surface area is 242 Å². The average molecular weight is 558 g/mol. The molecule has 1 unspecified atom stereocenters. The molecule has 1 aliphatic heterocycles. The van der Waals surface area contributed by atoms with Crippen LogP contribution in [-0.4, -0.2) is 42.0 Å². The summed E-state index contributed by atoms with van der Waals surface area (Å²) in [7, 11) is 1.55. The molecule has 1 heterocycles. The standard InChI is InChI=1S/C34H39NO6/c1-7-18-35-30(23-14-17-27(28(20-23)39-6)41-21-22-12-10-9-11-13-22)29(32(37)33(35)38)31(36)24-15-16-26(40-8-2)25(19-24)34(3,4)5/h9-17,19-20,30,36H,7-8,18,21H2,1-6H3/b31-29+. The minimum atomic E-state index is -0.781. The Bertz CT molecular complexity index is 1440. The molecule has 4 rings (SSSR count). The molecule has 7 heteroatoms. The lowest BCUT2D eigenvalue weighted by Crippen LogP contribution is -2.30. The highest BCUT2D eigenvalue weighted by Crippen LogP contribution is 2.43. The summed E-state index contributed by atoms with van der Waals surface area (Å²) < 4.78 is 17.5. The summed E-state index contributed by atoms with van der Waals surface area (Å²) in [5, 5.41) is 11.6. The molecule has 0 radical (unpaired) electrons. The van der Waals surface area contributed by atoms with E-state index in [-0.39, 0.29) is 16.7 Å². The average Bonchev–Trinajstić information content (AvgIpc) is 3.21. The number of hydrogen-bond donors (Lipinski definition) is 1. The second-order valence-corrected chi connectivity index (χ2v) is 11.1. The van der Waals surface area contributed by atoms with Crippen molar-refractivity contribution < 1.29 is 28.9 Å². The highest BCUT2D eigenvalue weighted by Gasteiger charge is 2.46. The second kappa shape index (κ2) is 12.5. The Morgan fingerprint density at radius 3 is 2.24 bits per heavy atom. The Kier molecular flexibility index (Phi) is 9.06. The van der Waals surface area contributed by atoms with Gasteiger partial charge in [-0.05, 0) is 60.2 Å². The number of benzene rings is 3. The first-order valence-electron chi connectivity index (χ1n) is 14.0. The molecule has 41 heavy (non-hydrogen) atoms. The molecule has 1 aliphatic rings. The number of amides is 1. The number of aliphatic hydroxyl groups is 1. The van der Waals surface area contributed by atoms with Crippen molar-refractivity contribution in [3.8, 4) is 17.2 Å². The van der Waals surface area contributed by atoms with Crippen LogP contribution in [0.1, 0.15) is 69.3 Å². The van der Waals surface area contributed by atoms with E-state index in [0.717, 1.165) is 16.9 Å². The lowest BCUT2D eigenvalue weighted by molar-refractivity contribution is -0.139. The molecule has 7 nitrogen and oxygen atoms in total. The van der Waals surface area contributed by atoms with Crippen molar-refractivity contribution in [2.45, 2.75) is 59.1 Å². The van der Waals surface area contributed by atoms with Gasteiger partial charge in [-0.2, -0.15) is 0 Å². The smallest absolute Gasteiger partial charge is 0.295 e. The van der Waals surface area contributed by atoms with Crippen molar-refractivity contribution >= 4 is 17.4 Å². The summed E-state index contributed by atoms with van der Waals surface area (Å²) in [4.78, 5) is 28.2. The van der Waals surface area contributed by atoms with E-state index < -0.39 is 17.7 Å². The zero-order chi connectivity index (χ0) is 29.7. The van der Waals surface area contributed by atoms with E-state index in [1.165, 1.54) is 4.90 Å². The molecule has 0 bridgehead atoms. The fourth-order valence-electron chi connectivity index (χ4n) is 5.11. The van der Waals surface area contributed by atoms with Gasteiger partial charge in [0, 0.05) is 17.7 Å². The van der Waals surface area contributed by atoms with Crippen LogP contribution in [0.3, 0.4) is 0 Å². The van der Waals surface area contributed by atoms with Gasteiger partial charge in [-0.3, -0.25) is 9.59 Å². The summed E-state index contributed by atoms with van der Waals surface area (Å²) in [6.07, 6.45) is 0.649. The van der Waals surface area contributed by atoms with Gasteiger partial charge in [-0.25, -0.2) is 0 Å². The number of likely N-dealkylation sites (tertiary alicyclic amines) is 1. The molecule has 3 aromatic rings. The number of ketones is 1. The first-order valence-corrected chi connectivity index (χ1v) is 14.0. The quantitative estimate of drug-likeness (QED) is 0.168. The molecule has 1 amide bonds. The van der Waals surface area contributed by atoms with Gasteiger partial charge in [0.1, 0.15) is 18.1 Å². The predicted molar refractivity (Wildman–Crippen MR) is 159 cm³/mol. The zero-order valence-electron chi connectivity index (χ0n) is 24.7. The largest absolute Gasteiger partial charge is 0.507 e. The Morgan fingerprint density at radius 2 is 1.61 bits per heavy atom. The minimum absolute atomic E-state index is 0.0486. The van der Waals surface area contributed by atoms with E-state index in [0.29, 0.717) is 48.8 Å². The van der Waals surface area contributed by atoms with Crippen molar-refractivity contribution in [1.82, 2.24) is 4.90 Å². The van der Waals surface area contributed by atoms with Crippen molar-refractivity contribution in [3.05, 3.63) is 94.6 Å². The maximum Gasteiger partial charge on any atom is 0.295 e. The van der Waals surface area contributed by atoms with Crippen LogP contribution in [0.4, 0.5) is 0 Å². The van der Waals surface area contributed by atoms with E-state index in [1.54, 1.807) is 31.4 Å². The first kappa shape index (κ1) is 29.7. The summed E-state index contributed by atoms with van der Waals surface area (Å²) >= 11 is 0. The molecule has 0 spiro atoms. The number of rotatable bonds is 10. The van der Waals surface area contributed by atoms with Crippen LogP contribution in [0.25, 0.3) is 5.76 Å². The van der Waals surface area contributed by atoms with Gasteiger partial charge in [0.25, 0.3) is 11.7 Å². The highest BCUT2D eigenvalue weighted by molar-refractivity contribution is 6.46. The number of ether oxygens (including phenoxy) is 3. The number of Topliss-reactive ketones (excluding diaryl/α,β-unsaturated/α-hetero) is 1. The molecule has 0 aromatic heterocycles. The summed E-state index contributed by atoms with van der Waals surface area (Å²) in [5.74, 6) is 0.156. The molecule has 3 aromatic carbocycles. The van der Waals surface area contributed by atoms with E-state index in [2.05, 4.69) is 20.8 Å². The molecule has 1 N–H and O–H groups in total. The second-order valence-electron chi connectivity index (χ2n) is 11.1. The number of hydrogen-bond acceptors (Lipinski definition) is 6. The van der Waals surface area contributed by atoms with Gasteiger partial charge in [0.2, 0.25) is 0 Å². The van der Waals surface area contributed by atoms with Gasteiger partial charge in [0.15, 0.2) is 11.5 Å². The van der Waals surface area contributed by atoms with Gasteiger partial charge in [-0.1, -0.05) is 64.1 Å². The third-order valence-electron chi connectivity index (χ3n) is 7.11. The first-order chi connectivity index (χ1) is 19.6. The van der Waals surface area contributed by atoms with E-state index in [1.807, 2.05) is 56.3 Å².